The number of rotatable bonds is 2. The molecule has 1 nitrogen and oxygen atoms in total. The van der Waals surface area contributed by atoms with E-state index in [1.807, 2.05) is 6.07 Å². The van der Waals surface area contributed by atoms with Gasteiger partial charge in [-0.3, -0.25) is 4.79 Å². The van der Waals surface area contributed by atoms with Crippen LogP contribution in [0.1, 0.15) is 60.9 Å². The van der Waals surface area contributed by atoms with Crippen LogP contribution >= 0.6 is 0 Å². The highest BCUT2D eigenvalue weighted by molar-refractivity contribution is 5.99. The van der Waals surface area contributed by atoms with Crippen molar-refractivity contribution >= 4 is 5.78 Å². The first-order chi connectivity index (χ1) is 9.81. The van der Waals surface area contributed by atoms with Crippen molar-refractivity contribution in [1.29, 1.82) is 0 Å². The first-order valence-electron chi connectivity index (χ1n) is 8.43. The third-order valence-electron chi connectivity index (χ3n) is 6.12. The Morgan fingerprint density at radius 2 is 1.95 bits per heavy atom. The summed E-state index contributed by atoms with van der Waals surface area (Å²) in [7, 11) is 0. The molecule has 2 fully saturated rings. The molecule has 0 N–H and O–H groups in total. The van der Waals surface area contributed by atoms with Crippen molar-refractivity contribution in [3.8, 4) is 0 Å². The molecule has 1 aromatic carbocycles. The van der Waals surface area contributed by atoms with Crippen LogP contribution in [0.4, 0.5) is 0 Å². The van der Waals surface area contributed by atoms with Crippen LogP contribution in [0.2, 0.25) is 0 Å². The Bertz CT molecular complexity index is 518. The van der Waals surface area contributed by atoms with E-state index in [0.29, 0.717) is 11.7 Å². The van der Waals surface area contributed by atoms with Crippen molar-refractivity contribution in [1.82, 2.24) is 0 Å². The van der Waals surface area contributed by atoms with Gasteiger partial charge < -0.3 is 0 Å². The average Bonchev–Trinajstić information content (AvgIpc) is 3.04. The molecule has 106 valence electrons. The summed E-state index contributed by atoms with van der Waals surface area (Å²) < 4.78 is 0. The van der Waals surface area contributed by atoms with Crippen LogP contribution < -0.4 is 0 Å². The van der Waals surface area contributed by atoms with Crippen LogP contribution in [-0.2, 0) is 6.42 Å². The monoisotopic (exact) mass is 268 g/mol. The molecule has 0 radical (unpaired) electrons. The Kier molecular flexibility index (Phi) is 3.17. The zero-order valence-corrected chi connectivity index (χ0v) is 12.2. The number of aryl methyl sites for hydroxylation is 1. The minimum Gasteiger partial charge on any atom is -0.294 e. The first-order valence-corrected chi connectivity index (χ1v) is 8.43. The maximum absolute atomic E-state index is 12.8. The fourth-order valence-corrected chi connectivity index (χ4v) is 5.12. The minimum atomic E-state index is 0.308. The van der Waals surface area contributed by atoms with Crippen LogP contribution in [-0.4, -0.2) is 5.78 Å². The molecule has 2 saturated carbocycles. The van der Waals surface area contributed by atoms with E-state index < -0.39 is 0 Å². The molecular formula is C19H24O. The molecule has 4 unspecified atom stereocenters. The third kappa shape index (κ3) is 2.12. The maximum atomic E-state index is 12.8. The summed E-state index contributed by atoms with van der Waals surface area (Å²) >= 11 is 0. The first kappa shape index (κ1) is 12.6. The van der Waals surface area contributed by atoms with Gasteiger partial charge in [0.05, 0.1) is 0 Å². The minimum absolute atomic E-state index is 0.308. The van der Waals surface area contributed by atoms with Gasteiger partial charge in [0, 0.05) is 11.5 Å². The number of ketones is 1. The van der Waals surface area contributed by atoms with Crippen molar-refractivity contribution in [3.63, 3.8) is 0 Å². The highest BCUT2D eigenvalue weighted by Gasteiger charge is 2.41. The quantitative estimate of drug-likeness (QED) is 0.714. The lowest BCUT2D eigenvalue weighted by molar-refractivity contribution is 0.0883. The van der Waals surface area contributed by atoms with Gasteiger partial charge in [0.2, 0.25) is 0 Å². The summed E-state index contributed by atoms with van der Waals surface area (Å²) in [6.45, 7) is 0. The number of fused-ring (bicyclic) bond motifs is 3. The molecule has 0 spiro atoms. The molecule has 3 aliphatic rings. The Balaban J connectivity index is 1.53. The van der Waals surface area contributed by atoms with Crippen molar-refractivity contribution in [2.45, 2.75) is 51.4 Å². The normalized spacial score (nSPS) is 35.9. The Labute approximate surface area is 121 Å². The van der Waals surface area contributed by atoms with Crippen LogP contribution in [0.3, 0.4) is 0 Å². The van der Waals surface area contributed by atoms with E-state index in [-0.39, 0.29) is 0 Å². The number of carbonyl (C=O) groups excluding carboxylic acids is 1. The molecule has 1 heteroatoms. The predicted octanol–water partition coefficient (Wildman–Crippen LogP) is 4.65. The largest absolute Gasteiger partial charge is 0.294 e. The summed E-state index contributed by atoms with van der Waals surface area (Å²) in [4.78, 5) is 12.8. The molecule has 0 aliphatic heterocycles. The van der Waals surface area contributed by atoms with Crippen molar-refractivity contribution < 1.29 is 4.79 Å². The van der Waals surface area contributed by atoms with Gasteiger partial charge in [0.15, 0.2) is 5.78 Å². The summed E-state index contributed by atoms with van der Waals surface area (Å²) in [5.74, 6) is 3.56. The SMILES string of the molecule is O=C1c2ccccc2CCCC1CC1CC2CCC1C2. The van der Waals surface area contributed by atoms with Crippen LogP contribution in [0.5, 0.6) is 0 Å². The summed E-state index contributed by atoms with van der Waals surface area (Å²) in [5, 5.41) is 0. The lowest BCUT2D eigenvalue weighted by Crippen LogP contribution is -2.21. The number of benzene rings is 1. The molecule has 0 saturated heterocycles. The highest BCUT2D eigenvalue weighted by atomic mass is 16.1. The Morgan fingerprint density at radius 1 is 1.05 bits per heavy atom. The smallest absolute Gasteiger partial charge is 0.166 e. The van der Waals surface area contributed by atoms with Gasteiger partial charge in [-0.15, -0.1) is 0 Å². The molecule has 2 bridgehead atoms. The number of Topliss-reactive ketones (excluding diaryl/α,β-unsaturated/α-hetero) is 1. The Morgan fingerprint density at radius 3 is 2.75 bits per heavy atom. The number of hydrogen-bond acceptors (Lipinski definition) is 1. The zero-order chi connectivity index (χ0) is 13.5. The summed E-state index contributed by atoms with van der Waals surface area (Å²) in [6, 6.07) is 8.29. The molecular weight excluding hydrogens is 244 g/mol. The van der Waals surface area contributed by atoms with Gasteiger partial charge in [0.1, 0.15) is 0 Å². The fourth-order valence-electron chi connectivity index (χ4n) is 5.12. The van der Waals surface area contributed by atoms with Gasteiger partial charge >= 0.3 is 0 Å². The molecule has 4 atom stereocenters. The maximum Gasteiger partial charge on any atom is 0.166 e. The second-order valence-electron chi connectivity index (χ2n) is 7.28. The van der Waals surface area contributed by atoms with Gasteiger partial charge in [0.25, 0.3) is 0 Å². The van der Waals surface area contributed by atoms with E-state index in [9.17, 15) is 4.79 Å². The topological polar surface area (TPSA) is 17.1 Å². The standard InChI is InChI=1S/C19H24O/c20-19-16(12-17-11-13-8-9-15(17)10-13)6-3-5-14-4-1-2-7-18(14)19/h1-2,4,7,13,15-17H,3,5-6,8-12H2. The molecule has 20 heavy (non-hydrogen) atoms. The summed E-state index contributed by atoms with van der Waals surface area (Å²) in [6.07, 6.45) is 10.3. The third-order valence-corrected chi connectivity index (χ3v) is 6.12. The van der Waals surface area contributed by atoms with Gasteiger partial charge in [-0.05, 0) is 68.3 Å². The van der Waals surface area contributed by atoms with Gasteiger partial charge in [-0.25, -0.2) is 0 Å². The average molecular weight is 268 g/mol. The summed E-state index contributed by atoms with van der Waals surface area (Å²) in [5.41, 5.74) is 2.31. The van der Waals surface area contributed by atoms with E-state index in [1.165, 1.54) is 44.1 Å². The lowest BCUT2D eigenvalue weighted by atomic mass is 9.79. The molecule has 0 aromatic heterocycles. The fraction of sp³-hybridized carbons (Fsp3) is 0.632. The van der Waals surface area contributed by atoms with E-state index in [0.717, 1.165) is 36.2 Å². The van der Waals surface area contributed by atoms with E-state index in [1.54, 1.807) is 0 Å². The molecule has 0 heterocycles. The van der Waals surface area contributed by atoms with E-state index in [2.05, 4.69) is 18.2 Å². The van der Waals surface area contributed by atoms with Crippen LogP contribution in [0.25, 0.3) is 0 Å². The zero-order valence-electron chi connectivity index (χ0n) is 12.2. The van der Waals surface area contributed by atoms with Gasteiger partial charge in [-0.2, -0.15) is 0 Å². The van der Waals surface area contributed by atoms with Crippen LogP contribution in [0, 0.1) is 23.7 Å². The van der Waals surface area contributed by atoms with E-state index in [4.69, 9.17) is 0 Å². The Hall–Kier alpha value is -1.11. The molecule has 1 aromatic rings. The number of hydrogen-bond donors (Lipinski definition) is 0. The predicted molar refractivity (Wildman–Crippen MR) is 80.8 cm³/mol. The molecule has 0 amide bonds. The van der Waals surface area contributed by atoms with Crippen LogP contribution in [0.15, 0.2) is 24.3 Å². The van der Waals surface area contributed by atoms with E-state index >= 15 is 0 Å². The highest BCUT2D eigenvalue weighted by Crippen LogP contribution is 2.51. The second-order valence-corrected chi connectivity index (χ2v) is 7.28. The van der Waals surface area contributed by atoms with Crippen molar-refractivity contribution in [2.75, 3.05) is 0 Å². The second kappa shape index (κ2) is 5.02. The lowest BCUT2D eigenvalue weighted by Gasteiger charge is -2.25. The molecule has 4 rings (SSSR count). The van der Waals surface area contributed by atoms with Crippen molar-refractivity contribution in [2.24, 2.45) is 23.7 Å². The molecule has 3 aliphatic carbocycles. The number of carbonyl (C=O) groups is 1. The van der Waals surface area contributed by atoms with Gasteiger partial charge in [-0.1, -0.05) is 30.7 Å². The van der Waals surface area contributed by atoms with Crippen molar-refractivity contribution in [3.05, 3.63) is 35.4 Å².